The smallest absolute Gasteiger partial charge is 0.192 e. The lowest BCUT2D eigenvalue weighted by molar-refractivity contribution is 0.403. The summed E-state index contributed by atoms with van der Waals surface area (Å²) in [6.07, 6.45) is 2.53. The molecule has 0 bridgehead atoms. The van der Waals surface area contributed by atoms with E-state index in [4.69, 9.17) is 0 Å². The monoisotopic (exact) mass is 294 g/mol. The van der Waals surface area contributed by atoms with Gasteiger partial charge in [0.15, 0.2) is 26.4 Å². The number of hydrogen-bond acceptors (Lipinski definition) is 6. The van der Waals surface area contributed by atoms with Gasteiger partial charge >= 0.3 is 0 Å². The highest BCUT2D eigenvalue weighted by molar-refractivity contribution is 7.90. The quantitative estimate of drug-likeness (QED) is 0.739. The molecule has 106 valence electrons. The first kappa shape index (κ1) is 14.1. The molecule has 0 aliphatic carbocycles. The highest BCUT2D eigenvalue weighted by Crippen LogP contribution is 2.25. The van der Waals surface area contributed by atoms with Crippen LogP contribution in [-0.4, -0.2) is 29.9 Å². The zero-order valence-electron chi connectivity index (χ0n) is 10.7. The topological polar surface area (TPSA) is 99.5 Å². The lowest BCUT2D eigenvalue weighted by Gasteiger charge is -2.07. The summed E-state index contributed by atoms with van der Waals surface area (Å²) in [6, 6.07) is 7.55. The predicted octanol–water partition coefficient (Wildman–Crippen LogP) is 1.51. The third kappa shape index (κ3) is 3.39. The van der Waals surface area contributed by atoms with Gasteiger partial charge in [-0.05, 0) is 29.8 Å². The number of hydrogen-bond donors (Lipinski definition) is 3. The number of nitrogens with one attached hydrogen (secondary N) is 1. The summed E-state index contributed by atoms with van der Waals surface area (Å²) in [7, 11) is -3.30. The molecule has 2 aromatic rings. The van der Waals surface area contributed by atoms with Crippen molar-refractivity contribution in [3.63, 3.8) is 0 Å². The molecule has 0 atom stereocenters. The van der Waals surface area contributed by atoms with E-state index < -0.39 is 9.84 Å². The standard InChI is InChI=1S/C13H14N2O4S/c1-20(18,19)13-5-3-10(8-15-13)14-7-9-2-4-11(16)12(17)6-9/h2-6,8,14,16-17H,7H2,1H3. The van der Waals surface area contributed by atoms with Crippen LogP contribution in [0.2, 0.25) is 0 Å². The van der Waals surface area contributed by atoms with E-state index in [2.05, 4.69) is 10.3 Å². The molecule has 0 aliphatic rings. The number of rotatable bonds is 4. The second kappa shape index (κ2) is 5.38. The fraction of sp³-hybridized carbons (Fsp3) is 0.154. The van der Waals surface area contributed by atoms with E-state index in [1.165, 1.54) is 24.4 Å². The number of nitrogens with zero attached hydrogens (tertiary/aromatic N) is 1. The van der Waals surface area contributed by atoms with Crippen molar-refractivity contribution in [2.24, 2.45) is 0 Å². The van der Waals surface area contributed by atoms with Crippen molar-refractivity contribution >= 4 is 15.5 Å². The second-order valence-corrected chi connectivity index (χ2v) is 6.30. The SMILES string of the molecule is CS(=O)(=O)c1ccc(NCc2ccc(O)c(O)c2)cn1. The maximum absolute atomic E-state index is 11.3. The Morgan fingerprint density at radius 1 is 1.15 bits per heavy atom. The van der Waals surface area contributed by atoms with Gasteiger partial charge in [-0.2, -0.15) is 0 Å². The Kier molecular flexibility index (Phi) is 3.80. The van der Waals surface area contributed by atoms with Crippen molar-refractivity contribution in [1.29, 1.82) is 0 Å². The maximum atomic E-state index is 11.3. The summed E-state index contributed by atoms with van der Waals surface area (Å²) in [4.78, 5) is 3.85. The van der Waals surface area contributed by atoms with Gasteiger partial charge in [-0.3, -0.25) is 0 Å². The first-order valence-corrected chi connectivity index (χ1v) is 7.66. The van der Waals surface area contributed by atoms with E-state index in [9.17, 15) is 18.6 Å². The van der Waals surface area contributed by atoms with Crippen LogP contribution in [0.4, 0.5) is 5.69 Å². The van der Waals surface area contributed by atoms with Crippen molar-refractivity contribution in [3.05, 3.63) is 42.1 Å². The Morgan fingerprint density at radius 3 is 2.45 bits per heavy atom. The molecule has 0 fully saturated rings. The Hall–Kier alpha value is -2.28. The molecule has 0 amide bonds. The zero-order chi connectivity index (χ0) is 14.8. The van der Waals surface area contributed by atoms with Crippen LogP contribution in [-0.2, 0) is 16.4 Å². The highest BCUT2D eigenvalue weighted by atomic mass is 32.2. The summed E-state index contributed by atoms with van der Waals surface area (Å²) in [5, 5.41) is 21.6. The molecule has 20 heavy (non-hydrogen) atoms. The number of sulfone groups is 1. The molecule has 0 radical (unpaired) electrons. The van der Waals surface area contributed by atoms with Gasteiger partial charge in [-0.15, -0.1) is 0 Å². The zero-order valence-corrected chi connectivity index (χ0v) is 11.6. The van der Waals surface area contributed by atoms with E-state index in [0.717, 1.165) is 11.8 Å². The lowest BCUT2D eigenvalue weighted by atomic mass is 10.2. The second-order valence-electron chi connectivity index (χ2n) is 4.33. The molecule has 3 N–H and O–H groups in total. The van der Waals surface area contributed by atoms with Gasteiger partial charge in [0.1, 0.15) is 0 Å². The predicted molar refractivity (Wildman–Crippen MR) is 74.4 cm³/mol. The summed E-state index contributed by atoms with van der Waals surface area (Å²) in [5.74, 6) is -0.359. The summed E-state index contributed by atoms with van der Waals surface area (Å²) >= 11 is 0. The Balaban J connectivity index is 2.06. The minimum absolute atomic E-state index is 0.0188. The van der Waals surface area contributed by atoms with E-state index in [1.54, 1.807) is 12.1 Å². The van der Waals surface area contributed by atoms with Crippen LogP contribution < -0.4 is 5.32 Å². The van der Waals surface area contributed by atoms with Crippen LogP contribution in [0.15, 0.2) is 41.6 Å². The van der Waals surface area contributed by atoms with E-state index in [1.807, 2.05) is 0 Å². The van der Waals surface area contributed by atoms with Gasteiger partial charge in [0.25, 0.3) is 0 Å². The van der Waals surface area contributed by atoms with Gasteiger partial charge in [-0.25, -0.2) is 13.4 Å². The molecule has 0 spiro atoms. The van der Waals surface area contributed by atoms with Crippen LogP contribution in [0.1, 0.15) is 5.56 Å². The van der Waals surface area contributed by atoms with Gasteiger partial charge < -0.3 is 15.5 Å². The highest BCUT2D eigenvalue weighted by Gasteiger charge is 2.08. The molecule has 1 aromatic heterocycles. The Morgan fingerprint density at radius 2 is 1.90 bits per heavy atom. The average molecular weight is 294 g/mol. The van der Waals surface area contributed by atoms with Crippen molar-refractivity contribution < 1.29 is 18.6 Å². The minimum atomic E-state index is -3.30. The Labute approximate surface area is 116 Å². The molecule has 7 heteroatoms. The summed E-state index contributed by atoms with van der Waals surface area (Å²) in [5.41, 5.74) is 1.43. The normalized spacial score (nSPS) is 11.2. The molecular formula is C13H14N2O4S. The summed E-state index contributed by atoms with van der Waals surface area (Å²) in [6.45, 7) is 0.410. The maximum Gasteiger partial charge on any atom is 0.192 e. The lowest BCUT2D eigenvalue weighted by Crippen LogP contribution is -2.03. The van der Waals surface area contributed by atoms with Crippen LogP contribution in [0.5, 0.6) is 11.5 Å². The fourth-order valence-electron chi connectivity index (χ4n) is 1.59. The first-order chi connectivity index (χ1) is 9.36. The average Bonchev–Trinajstić information content (AvgIpc) is 2.40. The molecule has 1 aromatic carbocycles. The van der Waals surface area contributed by atoms with Gasteiger partial charge in [-0.1, -0.05) is 6.07 Å². The number of benzene rings is 1. The van der Waals surface area contributed by atoms with Crippen LogP contribution in [0.25, 0.3) is 0 Å². The fourth-order valence-corrected chi connectivity index (χ4v) is 2.15. The largest absolute Gasteiger partial charge is 0.504 e. The third-order valence-electron chi connectivity index (χ3n) is 2.65. The number of anilines is 1. The van der Waals surface area contributed by atoms with Crippen LogP contribution in [0, 0.1) is 0 Å². The van der Waals surface area contributed by atoms with Gasteiger partial charge in [0.05, 0.1) is 11.9 Å². The van der Waals surface area contributed by atoms with Crippen molar-refractivity contribution in [2.45, 2.75) is 11.6 Å². The number of phenolic OH excluding ortho intramolecular Hbond substituents is 2. The molecule has 6 nitrogen and oxygen atoms in total. The first-order valence-electron chi connectivity index (χ1n) is 5.77. The molecule has 0 unspecified atom stereocenters. The van der Waals surface area contributed by atoms with E-state index in [0.29, 0.717) is 12.2 Å². The van der Waals surface area contributed by atoms with Crippen LogP contribution >= 0.6 is 0 Å². The minimum Gasteiger partial charge on any atom is -0.504 e. The van der Waals surface area contributed by atoms with Crippen molar-refractivity contribution in [3.8, 4) is 11.5 Å². The van der Waals surface area contributed by atoms with Crippen LogP contribution in [0.3, 0.4) is 0 Å². The number of aromatic hydroxyl groups is 2. The molecule has 1 heterocycles. The molecule has 2 rings (SSSR count). The van der Waals surface area contributed by atoms with E-state index in [-0.39, 0.29) is 16.5 Å². The number of phenols is 2. The van der Waals surface area contributed by atoms with Gasteiger partial charge in [0, 0.05) is 12.8 Å². The molecular weight excluding hydrogens is 280 g/mol. The number of aromatic nitrogens is 1. The molecule has 0 saturated heterocycles. The summed E-state index contributed by atoms with van der Waals surface area (Å²) < 4.78 is 22.5. The molecule has 0 aliphatic heterocycles. The number of pyridine rings is 1. The third-order valence-corrected chi connectivity index (χ3v) is 3.65. The Bertz CT molecular complexity index is 712. The van der Waals surface area contributed by atoms with Gasteiger partial charge in [0.2, 0.25) is 0 Å². The van der Waals surface area contributed by atoms with Crippen molar-refractivity contribution in [1.82, 2.24) is 4.98 Å². The molecule has 0 saturated carbocycles. The van der Waals surface area contributed by atoms with Crippen molar-refractivity contribution in [2.75, 3.05) is 11.6 Å². The van der Waals surface area contributed by atoms with E-state index >= 15 is 0 Å².